The molecule has 7 nitrogen and oxygen atoms in total. The summed E-state index contributed by atoms with van der Waals surface area (Å²) in [5.41, 5.74) is 2.83. The maximum atomic E-state index is 12.3. The maximum Gasteiger partial charge on any atom is 0.234 e. The highest BCUT2D eigenvalue weighted by atomic mass is 32.2. The van der Waals surface area contributed by atoms with Crippen molar-refractivity contribution in [3.8, 4) is 11.5 Å². The van der Waals surface area contributed by atoms with Gasteiger partial charge in [0, 0.05) is 23.9 Å². The highest BCUT2D eigenvalue weighted by molar-refractivity contribution is 8.01. The van der Waals surface area contributed by atoms with E-state index in [9.17, 15) is 4.79 Å². The number of benzene rings is 2. The number of aryl methyl sites for hydroxylation is 1. The molecule has 1 aromatic heterocycles. The second-order valence-corrected chi connectivity index (χ2v) is 8.61. The Bertz CT molecular complexity index is 992. The first kappa shape index (κ1) is 19.5. The summed E-state index contributed by atoms with van der Waals surface area (Å²) in [6, 6.07) is 13.5. The van der Waals surface area contributed by atoms with Crippen molar-refractivity contribution in [2.24, 2.45) is 0 Å². The summed E-state index contributed by atoms with van der Waals surface area (Å²) >= 11 is 2.76. The van der Waals surface area contributed by atoms with E-state index >= 15 is 0 Å². The molecule has 0 bridgehead atoms. The molecule has 0 fully saturated rings. The van der Waals surface area contributed by atoms with Gasteiger partial charge < -0.3 is 20.1 Å². The number of carbonyl (C=O) groups is 1. The van der Waals surface area contributed by atoms with Crippen LogP contribution in [-0.4, -0.2) is 35.1 Å². The second-order valence-electron chi connectivity index (χ2n) is 6.41. The van der Waals surface area contributed by atoms with Crippen LogP contribution in [0.5, 0.6) is 11.5 Å². The monoisotopic (exact) mass is 428 g/mol. The molecule has 2 aromatic carbocycles. The number of nitrogens with zero attached hydrogens (tertiary/aromatic N) is 2. The molecule has 0 radical (unpaired) electrons. The standard InChI is InChI=1S/C20H20N4O3S2/c1-13-3-5-14(6-4-13)22-19-23-24-20(29-19)28-12-18(25)21-15-7-8-16-17(11-15)27-10-2-9-26-16/h3-8,11H,2,9-10,12H2,1H3,(H,21,25)(H,22,23). The Morgan fingerprint density at radius 1 is 1.07 bits per heavy atom. The van der Waals surface area contributed by atoms with Crippen LogP contribution < -0.4 is 20.1 Å². The molecule has 9 heteroatoms. The van der Waals surface area contributed by atoms with Crippen LogP contribution in [0.25, 0.3) is 0 Å². The smallest absolute Gasteiger partial charge is 0.234 e. The number of hydrogen-bond acceptors (Lipinski definition) is 8. The molecule has 2 heterocycles. The summed E-state index contributed by atoms with van der Waals surface area (Å²) in [5, 5.41) is 15.0. The predicted octanol–water partition coefficient (Wildman–Crippen LogP) is 4.48. The molecule has 1 aliphatic rings. The van der Waals surface area contributed by atoms with E-state index in [1.54, 1.807) is 6.07 Å². The molecule has 3 aromatic rings. The quantitative estimate of drug-likeness (QED) is 0.560. The van der Waals surface area contributed by atoms with E-state index in [4.69, 9.17) is 9.47 Å². The Kier molecular flexibility index (Phi) is 6.16. The van der Waals surface area contributed by atoms with Crippen molar-refractivity contribution in [1.29, 1.82) is 0 Å². The van der Waals surface area contributed by atoms with Gasteiger partial charge in [0.1, 0.15) is 0 Å². The summed E-state index contributed by atoms with van der Waals surface area (Å²) in [7, 11) is 0. The first-order valence-corrected chi connectivity index (χ1v) is 11.0. The number of amides is 1. The number of carbonyl (C=O) groups excluding carboxylic acids is 1. The van der Waals surface area contributed by atoms with E-state index in [1.807, 2.05) is 43.3 Å². The van der Waals surface area contributed by atoms with Crippen LogP contribution in [0.15, 0.2) is 46.8 Å². The van der Waals surface area contributed by atoms with Crippen molar-refractivity contribution in [2.45, 2.75) is 17.7 Å². The third-order valence-corrected chi connectivity index (χ3v) is 6.04. The zero-order chi connectivity index (χ0) is 20.1. The molecule has 1 aliphatic heterocycles. The topological polar surface area (TPSA) is 85.4 Å². The largest absolute Gasteiger partial charge is 0.490 e. The molecule has 0 saturated carbocycles. The number of fused-ring (bicyclic) bond motifs is 1. The SMILES string of the molecule is Cc1ccc(Nc2nnc(SCC(=O)Nc3ccc4c(c3)OCCCO4)s2)cc1. The van der Waals surface area contributed by atoms with Crippen LogP contribution in [0.1, 0.15) is 12.0 Å². The molecule has 0 aliphatic carbocycles. The van der Waals surface area contributed by atoms with Gasteiger partial charge in [-0.15, -0.1) is 10.2 Å². The van der Waals surface area contributed by atoms with Crippen molar-refractivity contribution in [2.75, 3.05) is 29.6 Å². The van der Waals surface area contributed by atoms with E-state index in [0.29, 0.717) is 35.5 Å². The number of rotatable bonds is 6. The van der Waals surface area contributed by atoms with Crippen molar-refractivity contribution in [1.82, 2.24) is 10.2 Å². The molecular weight excluding hydrogens is 408 g/mol. The molecule has 0 atom stereocenters. The van der Waals surface area contributed by atoms with Gasteiger partial charge in [-0.05, 0) is 31.2 Å². The third kappa shape index (κ3) is 5.39. The molecule has 0 saturated heterocycles. The fourth-order valence-corrected chi connectivity index (χ4v) is 4.22. The van der Waals surface area contributed by atoms with Crippen molar-refractivity contribution < 1.29 is 14.3 Å². The van der Waals surface area contributed by atoms with Crippen LogP contribution in [0.2, 0.25) is 0 Å². The van der Waals surface area contributed by atoms with Crippen LogP contribution >= 0.6 is 23.1 Å². The highest BCUT2D eigenvalue weighted by Crippen LogP contribution is 2.32. The maximum absolute atomic E-state index is 12.3. The lowest BCUT2D eigenvalue weighted by atomic mass is 10.2. The van der Waals surface area contributed by atoms with Crippen molar-refractivity contribution in [3.05, 3.63) is 48.0 Å². The van der Waals surface area contributed by atoms with Crippen molar-refractivity contribution in [3.63, 3.8) is 0 Å². The number of ether oxygens (including phenoxy) is 2. The number of hydrogen-bond donors (Lipinski definition) is 2. The van der Waals surface area contributed by atoms with Gasteiger partial charge in [0.25, 0.3) is 0 Å². The molecule has 1 amide bonds. The van der Waals surface area contributed by atoms with Gasteiger partial charge in [-0.25, -0.2) is 0 Å². The number of aromatic nitrogens is 2. The number of thioether (sulfide) groups is 1. The Morgan fingerprint density at radius 2 is 1.83 bits per heavy atom. The Morgan fingerprint density at radius 3 is 2.66 bits per heavy atom. The minimum absolute atomic E-state index is 0.118. The van der Waals surface area contributed by atoms with Gasteiger partial charge >= 0.3 is 0 Å². The normalized spacial score (nSPS) is 12.9. The fraction of sp³-hybridized carbons (Fsp3) is 0.250. The summed E-state index contributed by atoms with van der Waals surface area (Å²) in [6.45, 7) is 3.29. The van der Waals surface area contributed by atoms with Gasteiger partial charge in [-0.2, -0.15) is 0 Å². The summed E-state index contributed by atoms with van der Waals surface area (Å²) in [4.78, 5) is 12.3. The highest BCUT2D eigenvalue weighted by Gasteiger charge is 2.13. The minimum atomic E-state index is -0.118. The Labute approximate surface area is 176 Å². The Hall–Kier alpha value is -2.78. The first-order valence-electron chi connectivity index (χ1n) is 9.15. The Balaban J connectivity index is 1.29. The number of nitrogens with one attached hydrogen (secondary N) is 2. The van der Waals surface area contributed by atoms with E-state index in [1.165, 1.54) is 28.7 Å². The van der Waals surface area contributed by atoms with Crippen LogP contribution in [-0.2, 0) is 4.79 Å². The number of anilines is 3. The van der Waals surface area contributed by atoms with Gasteiger partial charge in [0.15, 0.2) is 15.8 Å². The third-order valence-electron chi connectivity index (χ3n) is 4.07. The fourth-order valence-electron chi connectivity index (χ4n) is 2.64. The molecule has 29 heavy (non-hydrogen) atoms. The molecule has 150 valence electrons. The molecule has 0 spiro atoms. The zero-order valence-corrected chi connectivity index (χ0v) is 17.4. The minimum Gasteiger partial charge on any atom is -0.490 e. The van der Waals surface area contributed by atoms with E-state index in [-0.39, 0.29) is 11.7 Å². The van der Waals surface area contributed by atoms with Crippen LogP contribution in [0, 0.1) is 6.92 Å². The van der Waals surface area contributed by atoms with E-state index in [0.717, 1.165) is 16.4 Å². The molecule has 0 unspecified atom stereocenters. The second kappa shape index (κ2) is 9.15. The van der Waals surface area contributed by atoms with E-state index in [2.05, 4.69) is 20.8 Å². The van der Waals surface area contributed by atoms with Gasteiger partial charge in [0.05, 0.1) is 19.0 Å². The molecule has 2 N–H and O–H groups in total. The van der Waals surface area contributed by atoms with Gasteiger partial charge in [-0.1, -0.05) is 40.8 Å². The van der Waals surface area contributed by atoms with Crippen LogP contribution in [0.3, 0.4) is 0 Å². The first-order chi connectivity index (χ1) is 14.2. The van der Waals surface area contributed by atoms with E-state index < -0.39 is 0 Å². The summed E-state index contributed by atoms with van der Waals surface area (Å²) in [5.74, 6) is 1.49. The lowest BCUT2D eigenvalue weighted by molar-refractivity contribution is -0.113. The van der Waals surface area contributed by atoms with Crippen molar-refractivity contribution >= 4 is 45.5 Å². The van der Waals surface area contributed by atoms with Gasteiger partial charge in [-0.3, -0.25) is 4.79 Å². The lowest BCUT2D eigenvalue weighted by Gasteiger charge is -2.10. The molecular formula is C20H20N4O3S2. The molecule has 4 rings (SSSR count). The average molecular weight is 429 g/mol. The van der Waals surface area contributed by atoms with Crippen LogP contribution in [0.4, 0.5) is 16.5 Å². The summed E-state index contributed by atoms with van der Waals surface area (Å²) < 4.78 is 12.0. The summed E-state index contributed by atoms with van der Waals surface area (Å²) in [6.07, 6.45) is 0.843. The van der Waals surface area contributed by atoms with Gasteiger partial charge in [0.2, 0.25) is 11.0 Å². The lowest BCUT2D eigenvalue weighted by Crippen LogP contribution is -2.14. The predicted molar refractivity (Wildman–Crippen MR) is 116 cm³/mol. The average Bonchev–Trinajstić information content (AvgIpc) is 3.03. The zero-order valence-electron chi connectivity index (χ0n) is 15.8.